The normalized spacial score (nSPS) is 15.4. The maximum atomic E-state index is 14.2. The molecule has 0 saturated carbocycles. The van der Waals surface area contributed by atoms with Crippen LogP contribution in [0.1, 0.15) is 31.4 Å². The van der Waals surface area contributed by atoms with Gasteiger partial charge in [0.2, 0.25) is 5.91 Å². The molecule has 1 aliphatic heterocycles. The number of likely N-dealkylation sites (tertiary alicyclic amines) is 1. The second kappa shape index (κ2) is 12.2. The fraction of sp³-hybridized carbons (Fsp3) is 0.579. The van der Waals surface area contributed by atoms with Crippen molar-refractivity contribution in [3.63, 3.8) is 0 Å². The van der Waals surface area contributed by atoms with Gasteiger partial charge in [0.1, 0.15) is 18.2 Å². The first-order valence-corrected chi connectivity index (χ1v) is 9.34. The van der Waals surface area contributed by atoms with Gasteiger partial charge in [-0.1, -0.05) is 6.07 Å². The summed E-state index contributed by atoms with van der Waals surface area (Å²) < 4.78 is 28.3. The topological polar surface area (TPSA) is 60.0 Å². The Morgan fingerprint density at radius 3 is 2.36 bits per heavy atom. The van der Waals surface area contributed by atoms with Crippen LogP contribution in [0.3, 0.4) is 0 Å². The van der Waals surface area contributed by atoms with Crippen LogP contribution >= 0.6 is 24.0 Å². The molecule has 1 aromatic rings. The minimum atomic E-state index is -0.582. The molecule has 0 aromatic heterocycles. The van der Waals surface area contributed by atoms with Crippen LogP contribution in [-0.2, 0) is 4.79 Å². The standard InChI is InChI=1S/C19H29F2N5O.HI/c1-4-22-19(24-13-17(27)26-10-5-6-11-26)23-12-16(25(2)3)18-14(20)8-7-9-15(18)21;/h7-9,16H,4-6,10-13H2,1-3H3,(H2,22,23,24);1H. The average molecular weight is 509 g/mol. The van der Waals surface area contributed by atoms with Gasteiger partial charge in [-0.25, -0.2) is 13.8 Å². The van der Waals surface area contributed by atoms with Crippen molar-refractivity contribution in [1.29, 1.82) is 0 Å². The first-order chi connectivity index (χ1) is 12.9. The predicted molar refractivity (Wildman–Crippen MR) is 118 cm³/mol. The number of carbonyl (C=O) groups excluding carboxylic acids is 1. The van der Waals surface area contributed by atoms with E-state index in [-0.39, 0.29) is 48.5 Å². The van der Waals surface area contributed by atoms with E-state index in [1.807, 2.05) is 11.8 Å². The number of hydrogen-bond acceptors (Lipinski definition) is 3. The summed E-state index contributed by atoms with van der Waals surface area (Å²) in [6.45, 7) is 4.40. The van der Waals surface area contributed by atoms with E-state index >= 15 is 0 Å². The van der Waals surface area contributed by atoms with Crippen LogP contribution in [0.2, 0.25) is 0 Å². The van der Waals surface area contributed by atoms with Crippen LogP contribution in [0, 0.1) is 11.6 Å². The predicted octanol–water partition coefficient (Wildman–Crippen LogP) is 2.36. The summed E-state index contributed by atoms with van der Waals surface area (Å²) >= 11 is 0. The van der Waals surface area contributed by atoms with Crippen LogP contribution in [0.5, 0.6) is 0 Å². The minimum absolute atomic E-state index is 0. The summed E-state index contributed by atoms with van der Waals surface area (Å²) in [5.74, 6) is -0.717. The molecule has 0 radical (unpaired) electrons. The number of nitrogens with one attached hydrogen (secondary N) is 2. The van der Waals surface area contributed by atoms with Gasteiger partial charge >= 0.3 is 0 Å². The van der Waals surface area contributed by atoms with E-state index < -0.39 is 17.7 Å². The van der Waals surface area contributed by atoms with Gasteiger partial charge in [0.25, 0.3) is 0 Å². The van der Waals surface area contributed by atoms with Crippen LogP contribution < -0.4 is 10.6 Å². The summed E-state index contributed by atoms with van der Waals surface area (Å²) in [6.07, 6.45) is 2.07. The van der Waals surface area contributed by atoms with Gasteiger partial charge in [0.05, 0.1) is 6.04 Å². The second-order valence-electron chi connectivity index (χ2n) is 6.78. The van der Waals surface area contributed by atoms with Crippen molar-refractivity contribution in [3.05, 3.63) is 35.4 Å². The quantitative estimate of drug-likeness (QED) is 0.337. The molecule has 158 valence electrons. The molecular weight excluding hydrogens is 479 g/mol. The fourth-order valence-electron chi connectivity index (χ4n) is 3.12. The smallest absolute Gasteiger partial charge is 0.244 e. The number of hydrogen-bond donors (Lipinski definition) is 2. The van der Waals surface area contributed by atoms with E-state index in [1.54, 1.807) is 19.0 Å². The lowest BCUT2D eigenvalue weighted by atomic mass is 10.0. The Labute approximate surface area is 182 Å². The van der Waals surface area contributed by atoms with E-state index in [4.69, 9.17) is 0 Å². The molecule has 1 unspecified atom stereocenters. The van der Waals surface area contributed by atoms with E-state index in [0.717, 1.165) is 25.9 Å². The molecule has 0 aliphatic carbocycles. The van der Waals surface area contributed by atoms with Gasteiger partial charge in [-0.2, -0.15) is 0 Å². The number of carbonyl (C=O) groups is 1. The molecular formula is C19H30F2IN5O. The third-order valence-electron chi connectivity index (χ3n) is 4.59. The zero-order chi connectivity index (χ0) is 19.8. The first kappa shape index (κ1) is 24.5. The van der Waals surface area contributed by atoms with Gasteiger partial charge < -0.3 is 20.4 Å². The number of rotatable bonds is 7. The highest BCUT2D eigenvalue weighted by atomic mass is 127. The lowest BCUT2D eigenvalue weighted by Gasteiger charge is -2.26. The molecule has 9 heteroatoms. The lowest BCUT2D eigenvalue weighted by Crippen LogP contribution is -2.43. The number of amides is 1. The third kappa shape index (κ3) is 6.84. The molecule has 1 atom stereocenters. The number of nitrogens with zero attached hydrogens (tertiary/aromatic N) is 3. The van der Waals surface area contributed by atoms with Crippen LogP contribution in [0.25, 0.3) is 0 Å². The Morgan fingerprint density at radius 1 is 1.21 bits per heavy atom. The summed E-state index contributed by atoms with van der Waals surface area (Å²) in [7, 11) is 3.53. The second-order valence-corrected chi connectivity index (χ2v) is 6.78. The van der Waals surface area contributed by atoms with E-state index in [9.17, 15) is 13.6 Å². The van der Waals surface area contributed by atoms with Crippen molar-refractivity contribution in [2.45, 2.75) is 25.8 Å². The molecule has 0 bridgehead atoms. The van der Waals surface area contributed by atoms with Gasteiger partial charge in [0, 0.05) is 31.7 Å². The van der Waals surface area contributed by atoms with Crippen molar-refractivity contribution in [2.24, 2.45) is 4.99 Å². The number of guanidine groups is 1. The lowest BCUT2D eigenvalue weighted by molar-refractivity contribution is -0.128. The SMILES string of the molecule is CCNC(=NCC(=O)N1CCCC1)NCC(c1c(F)cccc1F)N(C)C.I. The Kier molecular flexibility index (Phi) is 10.7. The molecule has 2 rings (SSSR count). The molecule has 1 saturated heterocycles. The number of aliphatic imine (C=N–C) groups is 1. The van der Waals surface area contributed by atoms with Crippen LogP contribution in [-0.4, -0.2) is 68.5 Å². The average Bonchev–Trinajstić information content (AvgIpc) is 3.16. The monoisotopic (exact) mass is 509 g/mol. The molecule has 28 heavy (non-hydrogen) atoms. The molecule has 2 N–H and O–H groups in total. The Morgan fingerprint density at radius 2 is 1.82 bits per heavy atom. The summed E-state index contributed by atoms with van der Waals surface area (Å²) in [6, 6.07) is 3.33. The zero-order valence-electron chi connectivity index (χ0n) is 16.7. The van der Waals surface area contributed by atoms with Crippen LogP contribution in [0.15, 0.2) is 23.2 Å². The molecule has 6 nitrogen and oxygen atoms in total. The molecule has 1 aliphatic rings. The third-order valence-corrected chi connectivity index (χ3v) is 4.59. The van der Waals surface area contributed by atoms with Gasteiger partial charge in [0.15, 0.2) is 5.96 Å². The van der Waals surface area contributed by atoms with Crippen molar-refractivity contribution in [2.75, 3.05) is 46.8 Å². The number of halogens is 3. The van der Waals surface area contributed by atoms with E-state index in [1.165, 1.54) is 18.2 Å². The highest BCUT2D eigenvalue weighted by molar-refractivity contribution is 14.0. The van der Waals surface area contributed by atoms with E-state index in [0.29, 0.717) is 12.5 Å². The highest BCUT2D eigenvalue weighted by Gasteiger charge is 2.22. The summed E-state index contributed by atoms with van der Waals surface area (Å²) in [4.78, 5) is 20.0. The maximum absolute atomic E-state index is 14.2. The largest absolute Gasteiger partial charge is 0.357 e. The van der Waals surface area contributed by atoms with Crippen molar-refractivity contribution in [3.8, 4) is 0 Å². The number of likely N-dealkylation sites (N-methyl/N-ethyl adjacent to an activating group) is 1. The van der Waals surface area contributed by atoms with Gasteiger partial charge in [-0.15, -0.1) is 24.0 Å². The zero-order valence-corrected chi connectivity index (χ0v) is 19.0. The Bertz CT molecular complexity index is 645. The molecule has 1 amide bonds. The Balaban J connectivity index is 0.00000392. The maximum Gasteiger partial charge on any atom is 0.244 e. The molecule has 1 heterocycles. The minimum Gasteiger partial charge on any atom is -0.357 e. The summed E-state index contributed by atoms with van der Waals surface area (Å²) in [5.41, 5.74) is 0.0130. The summed E-state index contributed by atoms with van der Waals surface area (Å²) in [5, 5.41) is 6.16. The fourth-order valence-corrected chi connectivity index (χ4v) is 3.12. The first-order valence-electron chi connectivity index (χ1n) is 9.34. The molecule has 0 spiro atoms. The van der Waals surface area contributed by atoms with Crippen molar-refractivity contribution >= 4 is 35.8 Å². The van der Waals surface area contributed by atoms with Crippen molar-refractivity contribution in [1.82, 2.24) is 20.4 Å². The molecule has 1 fully saturated rings. The molecule has 1 aromatic carbocycles. The van der Waals surface area contributed by atoms with Crippen LogP contribution in [0.4, 0.5) is 8.78 Å². The van der Waals surface area contributed by atoms with Gasteiger partial charge in [-0.05, 0) is 46.0 Å². The highest BCUT2D eigenvalue weighted by Crippen LogP contribution is 2.23. The number of benzene rings is 1. The Hall–Kier alpha value is -1.49. The van der Waals surface area contributed by atoms with Crippen molar-refractivity contribution < 1.29 is 13.6 Å². The van der Waals surface area contributed by atoms with E-state index in [2.05, 4.69) is 15.6 Å². The van der Waals surface area contributed by atoms with Gasteiger partial charge in [-0.3, -0.25) is 4.79 Å².